The van der Waals surface area contributed by atoms with Gasteiger partial charge in [-0.1, -0.05) is 6.07 Å². The summed E-state index contributed by atoms with van der Waals surface area (Å²) in [7, 11) is 5.03. The Bertz CT molecular complexity index is 914. The molecule has 0 fully saturated rings. The van der Waals surface area contributed by atoms with Gasteiger partial charge in [0, 0.05) is 14.1 Å². The minimum Gasteiger partial charge on any atom is -0.505 e. The maximum Gasteiger partial charge on any atom is 0.257 e. The van der Waals surface area contributed by atoms with Crippen LogP contribution in [0.1, 0.15) is 21.9 Å². The molecule has 0 aliphatic heterocycles. The second kappa shape index (κ2) is 8.94. The average Bonchev–Trinajstić information content (AvgIpc) is 2.99. The van der Waals surface area contributed by atoms with E-state index in [4.69, 9.17) is 4.42 Å². The number of para-hydroxylation sites is 1. The standard InChI is InChI=1S/C19H22BN3O5/c1-11-14(20)7-12(28-11)8-21-16(9-24)17(10-25)22-15-6-4-5-13(18(15)26)19(27)23(2)3/h4-7,9-10,21-22,26H,8,20H2,1-3H3/b17-16-. The summed E-state index contributed by atoms with van der Waals surface area (Å²) in [6.45, 7) is 2.03. The molecule has 0 radical (unpaired) electrons. The Hall–Kier alpha value is -3.49. The average molecular weight is 383 g/mol. The third-order valence-electron chi connectivity index (χ3n) is 4.14. The van der Waals surface area contributed by atoms with Crippen LogP contribution in [0.25, 0.3) is 0 Å². The lowest BCUT2D eigenvalue weighted by Gasteiger charge is -2.15. The van der Waals surface area contributed by atoms with Gasteiger partial charge in [0.25, 0.3) is 5.91 Å². The number of aryl methyl sites for hydroxylation is 1. The first-order valence-corrected chi connectivity index (χ1v) is 8.53. The summed E-state index contributed by atoms with van der Waals surface area (Å²) < 4.78 is 5.53. The molecule has 1 aromatic heterocycles. The monoisotopic (exact) mass is 383 g/mol. The summed E-state index contributed by atoms with van der Waals surface area (Å²) in [5, 5.41) is 15.9. The second-order valence-electron chi connectivity index (χ2n) is 6.39. The van der Waals surface area contributed by atoms with Crippen LogP contribution in [0.15, 0.2) is 40.1 Å². The smallest absolute Gasteiger partial charge is 0.257 e. The number of rotatable bonds is 8. The second-order valence-corrected chi connectivity index (χ2v) is 6.39. The van der Waals surface area contributed by atoms with E-state index in [9.17, 15) is 19.5 Å². The van der Waals surface area contributed by atoms with Gasteiger partial charge in [0.2, 0.25) is 0 Å². The first-order chi connectivity index (χ1) is 13.3. The lowest BCUT2D eigenvalue weighted by molar-refractivity contribution is -0.107. The van der Waals surface area contributed by atoms with Crippen LogP contribution in [0.4, 0.5) is 5.69 Å². The van der Waals surface area contributed by atoms with Gasteiger partial charge in [0.15, 0.2) is 18.3 Å². The lowest BCUT2D eigenvalue weighted by Crippen LogP contribution is -2.22. The number of phenolic OH excluding ortho intramolecular Hbond substituents is 1. The van der Waals surface area contributed by atoms with Crippen molar-refractivity contribution >= 4 is 37.5 Å². The molecule has 0 aliphatic carbocycles. The molecule has 2 rings (SSSR count). The Morgan fingerprint density at radius 1 is 1.25 bits per heavy atom. The van der Waals surface area contributed by atoms with Gasteiger partial charge in [-0.15, -0.1) is 0 Å². The minimum atomic E-state index is -0.393. The number of hydrogen-bond donors (Lipinski definition) is 3. The molecule has 0 saturated heterocycles. The number of hydrogen-bond acceptors (Lipinski definition) is 7. The van der Waals surface area contributed by atoms with Crippen molar-refractivity contribution < 1.29 is 23.9 Å². The number of benzene rings is 1. The number of allylic oxidation sites excluding steroid dienone is 2. The number of carbonyl (C=O) groups is 3. The highest BCUT2D eigenvalue weighted by Crippen LogP contribution is 2.29. The van der Waals surface area contributed by atoms with Crippen molar-refractivity contribution in [3.05, 3.63) is 52.7 Å². The van der Waals surface area contributed by atoms with Crippen LogP contribution in [0, 0.1) is 6.92 Å². The van der Waals surface area contributed by atoms with Crippen molar-refractivity contribution in [1.29, 1.82) is 0 Å². The highest BCUT2D eigenvalue weighted by Gasteiger charge is 2.17. The third kappa shape index (κ3) is 4.62. The molecular weight excluding hydrogens is 361 g/mol. The van der Waals surface area contributed by atoms with E-state index < -0.39 is 5.91 Å². The van der Waals surface area contributed by atoms with Crippen LogP contribution < -0.4 is 16.1 Å². The first-order valence-electron chi connectivity index (χ1n) is 8.53. The van der Waals surface area contributed by atoms with Crippen molar-refractivity contribution in [1.82, 2.24) is 10.2 Å². The minimum absolute atomic E-state index is 0.00885. The van der Waals surface area contributed by atoms with Gasteiger partial charge in [0.1, 0.15) is 25.0 Å². The van der Waals surface area contributed by atoms with Gasteiger partial charge in [-0.25, -0.2) is 0 Å². The largest absolute Gasteiger partial charge is 0.505 e. The predicted molar refractivity (Wildman–Crippen MR) is 107 cm³/mol. The molecule has 9 heteroatoms. The van der Waals surface area contributed by atoms with Crippen LogP contribution in [0.5, 0.6) is 5.75 Å². The Balaban J connectivity index is 2.27. The number of nitrogens with one attached hydrogen (secondary N) is 2. The number of amides is 1. The van der Waals surface area contributed by atoms with E-state index in [2.05, 4.69) is 10.6 Å². The number of furan rings is 1. The Morgan fingerprint density at radius 3 is 2.46 bits per heavy atom. The van der Waals surface area contributed by atoms with E-state index in [1.807, 2.05) is 20.8 Å². The molecule has 2 aromatic rings. The third-order valence-corrected chi connectivity index (χ3v) is 4.14. The van der Waals surface area contributed by atoms with Gasteiger partial charge in [-0.05, 0) is 30.6 Å². The summed E-state index contributed by atoms with van der Waals surface area (Å²) in [6.07, 6.45) is 0.945. The molecule has 0 bridgehead atoms. The summed E-state index contributed by atoms with van der Waals surface area (Å²) in [4.78, 5) is 36.4. The van der Waals surface area contributed by atoms with Crippen molar-refractivity contribution in [3.63, 3.8) is 0 Å². The Morgan fingerprint density at radius 2 is 1.93 bits per heavy atom. The number of anilines is 1. The summed E-state index contributed by atoms with van der Waals surface area (Å²) in [5.74, 6) is 0.675. The zero-order valence-corrected chi connectivity index (χ0v) is 16.2. The van der Waals surface area contributed by atoms with Gasteiger partial charge in [-0.2, -0.15) is 0 Å². The van der Waals surface area contributed by atoms with E-state index in [1.165, 1.54) is 17.0 Å². The molecule has 3 N–H and O–H groups in total. The maximum atomic E-state index is 12.1. The molecule has 28 heavy (non-hydrogen) atoms. The fourth-order valence-electron chi connectivity index (χ4n) is 2.48. The van der Waals surface area contributed by atoms with Crippen molar-refractivity contribution in [2.45, 2.75) is 13.5 Å². The maximum absolute atomic E-state index is 12.1. The van der Waals surface area contributed by atoms with E-state index in [0.29, 0.717) is 18.3 Å². The summed E-state index contributed by atoms with van der Waals surface area (Å²) in [6, 6.07) is 6.35. The molecular formula is C19H22BN3O5. The molecule has 0 saturated carbocycles. The topological polar surface area (TPSA) is 112 Å². The fraction of sp³-hybridized carbons (Fsp3) is 0.211. The SMILES string of the molecule is Bc1cc(CN/C(C=O)=C(/C=O)Nc2cccc(C(=O)N(C)C)c2O)oc1C. The Labute approximate surface area is 163 Å². The van der Waals surface area contributed by atoms with Crippen LogP contribution in [0.3, 0.4) is 0 Å². The highest BCUT2D eigenvalue weighted by atomic mass is 16.3. The predicted octanol–water partition coefficient (Wildman–Crippen LogP) is 0.0649. The van der Waals surface area contributed by atoms with Crippen LogP contribution >= 0.6 is 0 Å². The zero-order chi connectivity index (χ0) is 20.8. The summed E-state index contributed by atoms with van der Waals surface area (Å²) >= 11 is 0. The molecule has 0 spiro atoms. The van der Waals surface area contributed by atoms with Gasteiger partial charge in [0.05, 0.1) is 23.6 Å². The molecule has 0 aliphatic rings. The van der Waals surface area contributed by atoms with E-state index in [0.717, 1.165) is 11.2 Å². The molecule has 1 aromatic carbocycles. The molecule has 0 unspecified atom stereocenters. The number of carbonyl (C=O) groups excluding carboxylic acids is 3. The van der Waals surface area contributed by atoms with Crippen LogP contribution in [-0.2, 0) is 16.1 Å². The fourth-order valence-corrected chi connectivity index (χ4v) is 2.48. The van der Waals surface area contributed by atoms with Gasteiger partial charge < -0.3 is 25.1 Å². The van der Waals surface area contributed by atoms with Crippen LogP contribution in [-0.4, -0.2) is 50.4 Å². The van der Waals surface area contributed by atoms with Crippen molar-refractivity contribution in [3.8, 4) is 5.75 Å². The van der Waals surface area contributed by atoms with E-state index >= 15 is 0 Å². The normalized spacial score (nSPS) is 11.4. The zero-order valence-electron chi connectivity index (χ0n) is 16.2. The highest BCUT2D eigenvalue weighted by molar-refractivity contribution is 6.33. The number of nitrogens with zero attached hydrogens (tertiary/aromatic N) is 1. The molecule has 0 atom stereocenters. The van der Waals surface area contributed by atoms with Gasteiger partial charge in [-0.3, -0.25) is 14.4 Å². The number of phenols is 1. The Kier molecular flexibility index (Phi) is 6.65. The lowest BCUT2D eigenvalue weighted by atomic mass is 9.97. The van der Waals surface area contributed by atoms with Crippen molar-refractivity contribution in [2.75, 3.05) is 19.4 Å². The quantitative estimate of drug-likeness (QED) is 0.256. The molecule has 146 valence electrons. The molecule has 1 amide bonds. The molecule has 1 heterocycles. The van der Waals surface area contributed by atoms with E-state index in [-0.39, 0.29) is 34.9 Å². The number of aldehydes is 2. The van der Waals surface area contributed by atoms with Gasteiger partial charge >= 0.3 is 0 Å². The van der Waals surface area contributed by atoms with Crippen LogP contribution in [0.2, 0.25) is 0 Å². The first kappa shape index (κ1) is 20.8. The summed E-state index contributed by atoms with van der Waals surface area (Å²) in [5.41, 5.74) is 1.09. The van der Waals surface area contributed by atoms with E-state index in [1.54, 1.807) is 20.2 Å². The van der Waals surface area contributed by atoms with Crippen molar-refractivity contribution in [2.24, 2.45) is 0 Å². The molecule has 8 nitrogen and oxygen atoms in total. The number of aromatic hydroxyl groups is 1.